The Bertz CT molecular complexity index is 990. The lowest BCUT2D eigenvalue weighted by atomic mass is 10.2. The highest BCUT2D eigenvalue weighted by Gasteiger charge is 2.10. The molecule has 2 N–H and O–H groups in total. The summed E-state index contributed by atoms with van der Waals surface area (Å²) in [5.41, 5.74) is 6.93. The predicted molar refractivity (Wildman–Crippen MR) is 122 cm³/mol. The van der Waals surface area contributed by atoms with Crippen LogP contribution in [0.15, 0.2) is 52.7 Å². The molecule has 1 amide bonds. The van der Waals surface area contributed by atoms with Gasteiger partial charge in [-0.25, -0.2) is 10.4 Å². The van der Waals surface area contributed by atoms with E-state index in [0.29, 0.717) is 10.8 Å². The van der Waals surface area contributed by atoms with Crippen LogP contribution in [0.4, 0.5) is 5.69 Å². The van der Waals surface area contributed by atoms with Gasteiger partial charge in [-0.15, -0.1) is 0 Å². The Balaban J connectivity index is 1.64. The van der Waals surface area contributed by atoms with E-state index in [4.69, 9.17) is 0 Å². The Morgan fingerprint density at radius 2 is 1.93 bits per heavy atom. The molecule has 0 bridgehead atoms. The fourth-order valence-corrected chi connectivity index (χ4v) is 3.76. The minimum Gasteiger partial charge on any atom is -0.372 e. The lowest BCUT2D eigenvalue weighted by Crippen LogP contribution is -2.21. The molecule has 1 aromatic heterocycles. The number of aromatic nitrogens is 2. The van der Waals surface area contributed by atoms with Crippen molar-refractivity contribution in [3.8, 4) is 0 Å². The first-order valence-corrected chi connectivity index (χ1v) is 10.7. The Morgan fingerprint density at radius 3 is 2.59 bits per heavy atom. The van der Waals surface area contributed by atoms with E-state index < -0.39 is 0 Å². The smallest absolute Gasteiger partial charge is 0.271 e. The van der Waals surface area contributed by atoms with Crippen molar-refractivity contribution in [2.24, 2.45) is 5.10 Å². The third-order valence-electron chi connectivity index (χ3n) is 4.47. The molecule has 0 unspecified atom stereocenters. The second-order valence-electron chi connectivity index (χ2n) is 6.90. The summed E-state index contributed by atoms with van der Waals surface area (Å²) >= 11 is 1.66. The molecule has 0 radical (unpaired) electrons. The van der Waals surface area contributed by atoms with Crippen molar-refractivity contribution in [1.82, 2.24) is 15.4 Å². The van der Waals surface area contributed by atoms with Gasteiger partial charge < -0.3 is 9.88 Å². The predicted octanol–water partition coefficient (Wildman–Crippen LogP) is 4.67. The lowest BCUT2D eigenvalue weighted by Gasteiger charge is -2.20. The zero-order valence-corrected chi connectivity index (χ0v) is 18.1. The third-order valence-corrected chi connectivity index (χ3v) is 5.36. The molecule has 152 valence electrons. The SMILES string of the molecule is CCN(CC)c1ccc(/C=N\NC(=O)c2ccc3nc(SC(C)C)[nH]c3c2)cc1. The summed E-state index contributed by atoms with van der Waals surface area (Å²) in [6.45, 7) is 10.5. The number of hydrogen-bond donors (Lipinski definition) is 2. The molecule has 2 aromatic carbocycles. The van der Waals surface area contributed by atoms with Crippen LogP contribution in [-0.4, -0.2) is 40.4 Å². The van der Waals surface area contributed by atoms with Crippen LogP contribution in [0.3, 0.4) is 0 Å². The molecule has 0 fully saturated rings. The Hall–Kier alpha value is -2.80. The topological polar surface area (TPSA) is 73.4 Å². The van der Waals surface area contributed by atoms with Gasteiger partial charge in [-0.2, -0.15) is 5.10 Å². The minimum absolute atomic E-state index is 0.254. The van der Waals surface area contributed by atoms with Gasteiger partial charge in [0, 0.05) is 29.6 Å². The number of benzene rings is 2. The quantitative estimate of drug-likeness (QED) is 0.322. The molecule has 0 atom stereocenters. The maximum atomic E-state index is 12.4. The minimum atomic E-state index is -0.254. The van der Waals surface area contributed by atoms with Crippen LogP contribution in [0.5, 0.6) is 0 Å². The van der Waals surface area contributed by atoms with Crippen LogP contribution >= 0.6 is 11.8 Å². The summed E-state index contributed by atoms with van der Waals surface area (Å²) in [6.07, 6.45) is 1.65. The zero-order valence-electron chi connectivity index (χ0n) is 17.3. The van der Waals surface area contributed by atoms with Gasteiger partial charge in [-0.3, -0.25) is 4.79 Å². The van der Waals surface area contributed by atoms with Crippen molar-refractivity contribution in [2.75, 3.05) is 18.0 Å². The largest absolute Gasteiger partial charge is 0.372 e. The van der Waals surface area contributed by atoms with Crippen molar-refractivity contribution in [3.63, 3.8) is 0 Å². The monoisotopic (exact) mass is 409 g/mol. The number of carbonyl (C=O) groups excluding carboxylic acids is 1. The highest BCUT2D eigenvalue weighted by atomic mass is 32.2. The van der Waals surface area contributed by atoms with E-state index in [2.05, 4.69) is 65.2 Å². The number of thioether (sulfide) groups is 1. The number of H-pyrrole nitrogens is 1. The summed E-state index contributed by atoms with van der Waals surface area (Å²) < 4.78 is 0. The first kappa shape index (κ1) is 20.9. The average molecular weight is 410 g/mol. The van der Waals surface area contributed by atoms with Gasteiger partial charge in [0.2, 0.25) is 0 Å². The van der Waals surface area contributed by atoms with Crippen molar-refractivity contribution >= 4 is 40.6 Å². The third kappa shape index (κ3) is 5.38. The summed E-state index contributed by atoms with van der Waals surface area (Å²) in [7, 11) is 0. The van der Waals surface area contributed by atoms with Crippen LogP contribution < -0.4 is 10.3 Å². The van der Waals surface area contributed by atoms with Crippen molar-refractivity contribution in [3.05, 3.63) is 53.6 Å². The van der Waals surface area contributed by atoms with Gasteiger partial charge in [-0.05, 0) is 49.7 Å². The number of rotatable bonds is 8. The molecule has 3 aromatic rings. The number of hydrogen-bond acceptors (Lipinski definition) is 5. The molecule has 0 aliphatic carbocycles. The molecule has 0 saturated heterocycles. The van der Waals surface area contributed by atoms with Gasteiger partial charge in [0.05, 0.1) is 17.2 Å². The molecule has 0 saturated carbocycles. The summed E-state index contributed by atoms with van der Waals surface area (Å²) in [5, 5.41) is 5.39. The number of aromatic amines is 1. The van der Waals surface area contributed by atoms with Crippen LogP contribution in [-0.2, 0) is 0 Å². The van der Waals surface area contributed by atoms with Crippen molar-refractivity contribution < 1.29 is 4.79 Å². The number of imidazole rings is 1. The van der Waals surface area contributed by atoms with E-state index in [0.717, 1.165) is 34.8 Å². The number of anilines is 1. The Morgan fingerprint density at radius 1 is 1.21 bits per heavy atom. The number of nitrogens with zero attached hydrogens (tertiary/aromatic N) is 3. The van der Waals surface area contributed by atoms with Gasteiger partial charge >= 0.3 is 0 Å². The molecule has 0 aliphatic heterocycles. The average Bonchev–Trinajstić information content (AvgIpc) is 3.10. The molecule has 0 spiro atoms. The normalized spacial score (nSPS) is 11.5. The fourth-order valence-electron chi connectivity index (χ4n) is 3.00. The Labute approximate surface area is 175 Å². The number of amides is 1. The number of nitrogens with one attached hydrogen (secondary N) is 2. The molecule has 29 heavy (non-hydrogen) atoms. The standard InChI is InChI=1S/C22H27N5OS/c1-5-27(6-2)18-10-7-16(8-11-18)14-23-26-21(28)17-9-12-19-20(13-17)25-22(24-19)29-15(3)4/h7-15H,5-6H2,1-4H3,(H,24,25)(H,26,28)/b23-14-. The molecule has 3 rings (SSSR count). The summed E-state index contributed by atoms with van der Waals surface area (Å²) in [5.74, 6) is -0.254. The molecule has 6 nitrogen and oxygen atoms in total. The molecular formula is C22H27N5OS. The fraction of sp³-hybridized carbons (Fsp3) is 0.318. The Kier molecular flexibility index (Phi) is 6.93. The van der Waals surface area contributed by atoms with E-state index in [9.17, 15) is 4.79 Å². The molecule has 1 heterocycles. The summed E-state index contributed by atoms with van der Waals surface area (Å²) in [4.78, 5) is 22.5. The van der Waals surface area contributed by atoms with E-state index in [1.807, 2.05) is 18.2 Å². The number of hydrazone groups is 1. The molecular weight excluding hydrogens is 382 g/mol. The maximum absolute atomic E-state index is 12.4. The van der Waals surface area contributed by atoms with E-state index in [-0.39, 0.29) is 5.91 Å². The maximum Gasteiger partial charge on any atom is 0.271 e. The number of fused-ring (bicyclic) bond motifs is 1. The van der Waals surface area contributed by atoms with E-state index in [1.165, 1.54) is 5.69 Å². The zero-order chi connectivity index (χ0) is 20.8. The number of carbonyl (C=O) groups is 1. The molecule has 7 heteroatoms. The van der Waals surface area contributed by atoms with Gasteiger partial charge in [0.1, 0.15) is 0 Å². The van der Waals surface area contributed by atoms with Gasteiger partial charge in [-0.1, -0.05) is 37.7 Å². The highest BCUT2D eigenvalue weighted by molar-refractivity contribution is 7.99. The second-order valence-corrected chi connectivity index (χ2v) is 8.47. The van der Waals surface area contributed by atoms with Gasteiger partial charge in [0.15, 0.2) is 5.16 Å². The van der Waals surface area contributed by atoms with Crippen LogP contribution in [0, 0.1) is 0 Å². The van der Waals surface area contributed by atoms with Gasteiger partial charge in [0.25, 0.3) is 5.91 Å². The van der Waals surface area contributed by atoms with Crippen LogP contribution in [0.2, 0.25) is 0 Å². The lowest BCUT2D eigenvalue weighted by molar-refractivity contribution is 0.0955. The highest BCUT2D eigenvalue weighted by Crippen LogP contribution is 2.23. The summed E-state index contributed by atoms with van der Waals surface area (Å²) in [6, 6.07) is 13.5. The molecule has 0 aliphatic rings. The first-order chi connectivity index (χ1) is 14.0. The van der Waals surface area contributed by atoms with Crippen LogP contribution in [0.1, 0.15) is 43.6 Å². The first-order valence-electron chi connectivity index (χ1n) is 9.85. The van der Waals surface area contributed by atoms with E-state index in [1.54, 1.807) is 30.1 Å². The second kappa shape index (κ2) is 9.60. The van der Waals surface area contributed by atoms with E-state index >= 15 is 0 Å². The van der Waals surface area contributed by atoms with Crippen molar-refractivity contribution in [1.29, 1.82) is 0 Å². The van der Waals surface area contributed by atoms with Crippen molar-refractivity contribution in [2.45, 2.75) is 38.1 Å². The van der Waals surface area contributed by atoms with Crippen LogP contribution in [0.25, 0.3) is 11.0 Å².